The van der Waals surface area contributed by atoms with Crippen LogP contribution in [0.3, 0.4) is 0 Å². The Morgan fingerprint density at radius 3 is 1.84 bits per heavy atom. The summed E-state index contributed by atoms with van der Waals surface area (Å²) in [7, 11) is 1.50. The second kappa shape index (κ2) is 39.1. The lowest BCUT2D eigenvalue weighted by Gasteiger charge is -2.23. The van der Waals surface area contributed by atoms with E-state index in [4.69, 9.17) is 25.7 Å². The molecule has 0 aliphatic heterocycles. The summed E-state index contributed by atoms with van der Waals surface area (Å²) in [4.78, 5) is 24.6. The predicted molar refractivity (Wildman–Crippen MR) is 160 cm³/mol. The fourth-order valence-electron chi connectivity index (χ4n) is 2.32. The summed E-state index contributed by atoms with van der Waals surface area (Å²) in [6.07, 6.45) is 0. The summed E-state index contributed by atoms with van der Waals surface area (Å²) in [5, 5.41) is 12.1. The first-order chi connectivity index (χ1) is 18.5. The van der Waals surface area contributed by atoms with Crippen molar-refractivity contribution in [1.82, 2.24) is 10.2 Å². The molecule has 0 bridgehead atoms. The van der Waals surface area contributed by atoms with Gasteiger partial charge in [-0.1, -0.05) is 69.2 Å². The molecule has 0 atom stereocenters. The Hall–Kier alpha value is -2.40. The van der Waals surface area contributed by atoms with Gasteiger partial charge in [-0.2, -0.15) is 0 Å². The first-order valence-electron chi connectivity index (χ1n) is 14.0. The predicted octanol–water partition coefficient (Wildman–Crippen LogP) is 3.93. The van der Waals surface area contributed by atoms with Gasteiger partial charge in [-0.3, -0.25) is 9.59 Å². The maximum absolute atomic E-state index is 12.1. The van der Waals surface area contributed by atoms with E-state index in [9.17, 15) is 14.7 Å². The van der Waals surface area contributed by atoms with Crippen LogP contribution in [0.2, 0.25) is 0 Å². The molecular formula is C28H60N4O6. The number of carbonyl (C=O) groups excluding carboxylic acids is 2. The number of methoxy groups -OCH3 is 1. The molecule has 0 saturated carbocycles. The molecule has 1 aromatic carbocycles. The van der Waals surface area contributed by atoms with Gasteiger partial charge >= 0.3 is 0 Å². The fraction of sp³-hybridized carbons (Fsp3) is 0.714. The van der Waals surface area contributed by atoms with Gasteiger partial charge in [0, 0.05) is 31.3 Å². The summed E-state index contributed by atoms with van der Waals surface area (Å²) < 4.78 is 16.0. The lowest BCUT2D eigenvalue weighted by molar-refractivity contribution is -0.131. The molecule has 0 aromatic heterocycles. The molecule has 0 aliphatic rings. The number of ether oxygens (including phenoxy) is 3. The third kappa shape index (κ3) is 26.7. The number of phenolic OH excluding ortho intramolecular Hbond substituents is 1. The van der Waals surface area contributed by atoms with Crippen molar-refractivity contribution in [2.24, 2.45) is 11.5 Å². The zero-order valence-electron chi connectivity index (χ0n) is 26.2. The van der Waals surface area contributed by atoms with E-state index < -0.39 is 0 Å². The van der Waals surface area contributed by atoms with Gasteiger partial charge in [-0.15, -0.1) is 0 Å². The Morgan fingerprint density at radius 2 is 1.37 bits per heavy atom. The van der Waals surface area contributed by atoms with Crippen molar-refractivity contribution in [1.29, 1.82) is 0 Å². The number of rotatable bonds is 14. The van der Waals surface area contributed by atoms with Crippen LogP contribution in [0.1, 0.15) is 74.8 Å². The summed E-state index contributed by atoms with van der Waals surface area (Å²) in [6.45, 7) is 22.3. The van der Waals surface area contributed by atoms with Crippen molar-refractivity contribution in [2.75, 3.05) is 59.7 Å². The molecule has 0 fully saturated rings. The minimum Gasteiger partial charge on any atom is -0.508 e. The average molecular weight is 549 g/mol. The van der Waals surface area contributed by atoms with Crippen LogP contribution >= 0.6 is 0 Å². The minimum absolute atomic E-state index is 0.0445. The molecule has 6 N–H and O–H groups in total. The van der Waals surface area contributed by atoms with Crippen LogP contribution in [-0.4, -0.2) is 81.5 Å². The van der Waals surface area contributed by atoms with E-state index in [1.807, 2.05) is 69.2 Å². The Kier molecular flexibility index (Phi) is 46.9. The van der Waals surface area contributed by atoms with Crippen molar-refractivity contribution in [3.63, 3.8) is 0 Å². The molecular weight excluding hydrogens is 488 g/mol. The Balaban J connectivity index is -0.000000323. The van der Waals surface area contributed by atoms with E-state index in [0.717, 1.165) is 5.56 Å². The zero-order valence-corrected chi connectivity index (χ0v) is 26.2. The standard InChI is InChI=1S/C18H30N4O6.5C2H6/c1-26-16-10-15(23)3-2-14(16)13-22(18(25)12-20)5-7-28-9-8-27-6-4-21-17(24)11-19;5*1-2/h2-3,10,23H,4-9,11-13,19-20H2,1H3,(H,21,24);5*1-2H3. The van der Waals surface area contributed by atoms with Crippen molar-refractivity contribution >= 4 is 11.8 Å². The number of nitrogens with one attached hydrogen (secondary N) is 1. The molecule has 38 heavy (non-hydrogen) atoms. The zero-order chi connectivity index (χ0) is 30.8. The average Bonchev–Trinajstić information content (AvgIpc) is 3.00. The molecule has 10 heteroatoms. The molecule has 1 aromatic rings. The number of hydrogen-bond acceptors (Lipinski definition) is 8. The largest absolute Gasteiger partial charge is 0.508 e. The highest BCUT2D eigenvalue weighted by atomic mass is 16.5. The van der Waals surface area contributed by atoms with Crippen LogP contribution < -0.4 is 21.5 Å². The normalized spacial score (nSPS) is 8.55. The molecule has 0 spiro atoms. The first kappa shape index (κ1) is 45.5. The number of hydrogen-bond donors (Lipinski definition) is 4. The second-order valence-corrected chi connectivity index (χ2v) is 5.79. The Bertz CT molecular complexity index is 619. The topological polar surface area (TPSA) is 149 Å². The van der Waals surface area contributed by atoms with Crippen molar-refractivity contribution in [3.8, 4) is 11.5 Å². The van der Waals surface area contributed by atoms with Gasteiger partial charge in [0.1, 0.15) is 11.5 Å². The smallest absolute Gasteiger partial charge is 0.236 e. The van der Waals surface area contributed by atoms with Gasteiger partial charge < -0.3 is 41.0 Å². The maximum Gasteiger partial charge on any atom is 0.236 e. The SMILES string of the molecule is CC.CC.CC.CC.CC.COc1cc(O)ccc1CN(CCOCCOCCNC(=O)CN)C(=O)CN. The van der Waals surface area contributed by atoms with Crippen molar-refractivity contribution in [3.05, 3.63) is 23.8 Å². The van der Waals surface area contributed by atoms with Gasteiger partial charge in [-0.05, 0) is 12.1 Å². The molecule has 2 amide bonds. The van der Waals surface area contributed by atoms with Gasteiger partial charge in [0.25, 0.3) is 0 Å². The lowest BCUT2D eigenvalue weighted by atomic mass is 10.1. The number of amides is 2. The Labute approximate surface area is 233 Å². The van der Waals surface area contributed by atoms with E-state index in [-0.39, 0.29) is 30.7 Å². The van der Waals surface area contributed by atoms with E-state index in [2.05, 4.69) is 5.32 Å². The monoisotopic (exact) mass is 548 g/mol. The van der Waals surface area contributed by atoms with Crippen molar-refractivity contribution in [2.45, 2.75) is 75.8 Å². The van der Waals surface area contributed by atoms with Crippen molar-refractivity contribution < 1.29 is 28.9 Å². The third-order valence-corrected chi connectivity index (χ3v) is 3.79. The highest BCUT2D eigenvalue weighted by molar-refractivity contribution is 5.78. The van der Waals surface area contributed by atoms with Crippen LogP contribution in [-0.2, 0) is 25.6 Å². The number of carbonyl (C=O) groups is 2. The number of aromatic hydroxyl groups is 1. The lowest BCUT2D eigenvalue weighted by Crippen LogP contribution is -2.38. The minimum atomic E-state index is -0.227. The molecule has 0 saturated heterocycles. The van der Waals surface area contributed by atoms with E-state index in [1.165, 1.54) is 19.2 Å². The van der Waals surface area contributed by atoms with Gasteiger partial charge in [0.05, 0.1) is 46.6 Å². The number of nitrogens with zero attached hydrogens (tertiary/aromatic N) is 1. The molecule has 0 unspecified atom stereocenters. The van der Waals surface area contributed by atoms with Gasteiger partial charge in [0.15, 0.2) is 0 Å². The number of phenols is 1. The number of nitrogens with two attached hydrogens (primary N) is 2. The second-order valence-electron chi connectivity index (χ2n) is 5.79. The summed E-state index contributed by atoms with van der Waals surface area (Å²) in [6, 6.07) is 4.72. The molecule has 0 radical (unpaired) electrons. The molecule has 0 heterocycles. The Morgan fingerprint density at radius 1 is 0.842 bits per heavy atom. The van der Waals surface area contributed by atoms with Crippen LogP contribution in [0, 0.1) is 0 Å². The van der Waals surface area contributed by atoms with Crippen LogP contribution in [0.4, 0.5) is 0 Å². The molecule has 10 nitrogen and oxygen atoms in total. The van der Waals surface area contributed by atoms with Gasteiger partial charge in [0.2, 0.25) is 11.8 Å². The summed E-state index contributed by atoms with van der Waals surface area (Å²) in [5.74, 6) is 0.134. The highest BCUT2D eigenvalue weighted by Crippen LogP contribution is 2.25. The fourth-order valence-corrected chi connectivity index (χ4v) is 2.32. The van der Waals surface area contributed by atoms with Crippen LogP contribution in [0.15, 0.2) is 18.2 Å². The maximum atomic E-state index is 12.1. The highest BCUT2D eigenvalue weighted by Gasteiger charge is 2.15. The van der Waals surface area contributed by atoms with Gasteiger partial charge in [-0.25, -0.2) is 0 Å². The summed E-state index contributed by atoms with van der Waals surface area (Å²) in [5.41, 5.74) is 11.4. The third-order valence-electron chi connectivity index (χ3n) is 3.79. The molecule has 228 valence electrons. The van der Waals surface area contributed by atoms with Crippen LogP contribution in [0.5, 0.6) is 11.5 Å². The van der Waals surface area contributed by atoms with E-state index >= 15 is 0 Å². The van der Waals surface area contributed by atoms with Crippen LogP contribution in [0.25, 0.3) is 0 Å². The first-order valence-corrected chi connectivity index (χ1v) is 14.0. The number of benzene rings is 1. The molecule has 1 rings (SSSR count). The quantitative estimate of drug-likeness (QED) is 0.256. The summed E-state index contributed by atoms with van der Waals surface area (Å²) >= 11 is 0. The molecule has 0 aliphatic carbocycles. The van der Waals surface area contributed by atoms with E-state index in [0.29, 0.717) is 51.8 Å². The van der Waals surface area contributed by atoms with E-state index in [1.54, 1.807) is 11.0 Å².